The van der Waals surface area contributed by atoms with Crippen molar-refractivity contribution in [2.24, 2.45) is 5.41 Å². The fourth-order valence-corrected chi connectivity index (χ4v) is 3.72. The predicted molar refractivity (Wildman–Crippen MR) is 103 cm³/mol. The van der Waals surface area contributed by atoms with Gasteiger partial charge in [-0.25, -0.2) is 4.79 Å². The number of pyridine rings is 1. The summed E-state index contributed by atoms with van der Waals surface area (Å²) in [4.78, 5) is 40.7. The van der Waals surface area contributed by atoms with E-state index in [9.17, 15) is 19.7 Å². The first-order chi connectivity index (χ1) is 13.1. The third-order valence-corrected chi connectivity index (χ3v) is 4.86. The molecule has 0 radical (unpaired) electrons. The molecule has 28 heavy (non-hydrogen) atoms. The molecule has 0 saturated heterocycles. The Balaban J connectivity index is 2.31. The second-order valence-electron chi connectivity index (χ2n) is 7.73. The molecule has 1 aliphatic rings. The van der Waals surface area contributed by atoms with Crippen LogP contribution in [0.4, 0.5) is 5.69 Å². The summed E-state index contributed by atoms with van der Waals surface area (Å²) in [5.74, 6) is -0.640. The standard InChI is InChI=1S/C21H22N2O5/c1-5-28-20(25)17-12(2)22-15-10-21(3,4)11-16(24)19(15)18(17)13-6-8-14(9-7-13)23(26)27/h6-9H,5,10-11H2,1-4H3. The van der Waals surface area contributed by atoms with Gasteiger partial charge in [-0.1, -0.05) is 13.8 Å². The lowest BCUT2D eigenvalue weighted by Crippen LogP contribution is -2.30. The van der Waals surface area contributed by atoms with Gasteiger partial charge in [0.15, 0.2) is 5.78 Å². The number of rotatable bonds is 4. The number of aryl methyl sites for hydroxylation is 1. The molecule has 146 valence electrons. The summed E-state index contributed by atoms with van der Waals surface area (Å²) < 4.78 is 5.20. The molecule has 0 bridgehead atoms. The molecule has 0 N–H and O–H groups in total. The summed E-state index contributed by atoms with van der Waals surface area (Å²) in [6, 6.07) is 5.85. The fraction of sp³-hybridized carbons (Fsp3) is 0.381. The molecule has 0 spiro atoms. The maximum Gasteiger partial charge on any atom is 0.340 e. The highest BCUT2D eigenvalue weighted by atomic mass is 16.6. The van der Waals surface area contributed by atoms with Crippen molar-refractivity contribution >= 4 is 17.4 Å². The molecule has 0 unspecified atom stereocenters. The lowest BCUT2D eigenvalue weighted by Gasteiger charge is -2.31. The van der Waals surface area contributed by atoms with Crippen molar-refractivity contribution in [1.29, 1.82) is 0 Å². The highest BCUT2D eigenvalue weighted by Gasteiger charge is 2.36. The lowest BCUT2D eigenvalue weighted by molar-refractivity contribution is -0.384. The van der Waals surface area contributed by atoms with Gasteiger partial charge < -0.3 is 4.74 Å². The maximum atomic E-state index is 13.0. The Morgan fingerprint density at radius 1 is 1.21 bits per heavy atom. The maximum absolute atomic E-state index is 13.0. The monoisotopic (exact) mass is 382 g/mol. The SMILES string of the molecule is CCOC(=O)c1c(C)nc2c(c1-c1ccc([N+](=O)[O-])cc1)C(=O)CC(C)(C)C2. The Morgan fingerprint density at radius 2 is 1.86 bits per heavy atom. The number of carbonyl (C=O) groups excluding carboxylic acids is 2. The van der Waals surface area contributed by atoms with Crippen molar-refractivity contribution in [3.05, 3.63) is 56.9 Å². The van der Waals surface area contributed by atoms with E-state index in [4.69, 9.17) is 4.74 Å². The first-order valence-electron chi connectivity index (χ1n) is 9.13. The third-order valence-electron chi connectivity index (χ3n) is 4.86. The average molecular weight is 382 g/mol. The minimum Gasteiger partial charge on any atom is -0.462 e. The fourth-order valence-electron chi connectivity index (χ4n) is 3.72. The zero-order valence-electron chi connectivity index (χ0n) is 16.4. The number of ether oxygens (including phenoxy) is 1. The van der Waals surface area contributed by atoms with Gasteiger partial charge in [0, 0.05) is 29.7 Å². The number of aromatic nitrogens is 1. The number of nitro groups is 1. The number of nitro benzene ring substituents is 1. The number of ketones is 1. The summed E-state index contributed by atoms with van der Waals surface area (Å²) in [5.41, 5.74) is 2.52. The van der Waals surface area contributed by atoms with Gasteiger partial charge >= 0.3 is 5.97 Å². The largest absolute Gasteiger partial charge is 0.462 e. The Bertz CT molecular complexity index is 977. The zero-order valence-corrected chi connectivity index (χ0v) is 16.4. The number of hydrogen-bond donors (Lipinski definition) is 0. The molecule has 3 rings (SSSR count). The van der Waals surface area contributed by atoms with E-state index in [0.29, 0.717) is 40.9 Å². The molecule has 0 fully saturated rings. The van der Waals surface area contributed by atoms with Crippen LogP contribution in [-0.4, -0.2) is 28.3 Å². The third kappa shape index (κ3) is 3.52. The number of nitrogens with zero attached hydrogens (tertiary/aromatic N) is 2. The van der Waals surface area contributed by atoms with Crippen LogP contribution >= 0.6 is 0 Å². The molecule has 1 heterocycles. The number of benzene rings is 1. The summed E-state index contributed by atoms with van der Waals surface area (Å²) in [6.45, 7) is 7.63. The average Bonchev–Trinajstić information content (AvgIpc) is 2.59. The highest BCUT2D eigenvalue weighted by molar-refractivity contribution is 6.10. The topological polar surface area (TPSA) is 99.4 Å². The van der Waals surface area contributed by atoms with Crippen LogP contribution in [0.15, 0.2) is 24.3 Å². The Hall–Kier alpha value is -3.09. The normalized spacial score (nSPS) is 15.1. The van der Waals surface area contributed by atoms with Gasteiger partial charge in [-0.2, -0.15) is 0 Å². The van der Waals surface area contributed by atoms with E-state index in [2.05, 4.69) is 4.98 Å². The number of Topliss-reactive ketones (excluding diaryl/α,β-unsaturated/α-hetero) is 1. The summed E-state index contributed by atoms with van der Waals surface area (Å²) in [7, 11) is 0. The van der Waals surface area contributed by atoms with Gasteiger partial charge in [-0.15, -0.1) is 0 Å². The van der Waals surface area contributed by atoms with Crippen LogP contribution in [-0.2, 0) is 11.2 Å². The smallest absolute Gasteiger partial charge is 0.340 e. The van der Waals surface area contributed by atoms with Crippen LogP contribution in [0.2, 0.25) is 0 Å². The zero-order chi connectivity index (χ0) is 20.6. The number of non-ortho nitro benzene ring substituents is 1. The molecule has 1 aromatic heterocycles. The number of fused-ring (bicyclic) bond motifs is 1. The highest BCUT2D eigenvalue weighted by Crippen LogP contribution is 2.41. The summed E-state index contributed by atoms with van der Waals surface area (Å²) in [5, 5.41) is 11.0. The molecule has 0 aliphatic heterocycles. The molecule has 0 atom stereocenters. The van der Waals surface area contributed by atoms with Gasteiger partial charge in [0.2, 0.25) is 0 Å². The van der Waals surface area contributed by atoms with Crippen LogP contribution in [0, 0.1) is 22.5 Å². The molecular formula is C21H22N2O5. The Kier molecular flexibility index (Phi) is 5.02. The molecular weight excluding hydrogens is 360 g/mol. The van der Waals surface area contributed by atoms with Gasteiger partial charge in [0.1, 0.15) is 0 Å². The minimum absolute atomic E-state index is 0.0615. The molecule has 2 aromatic rings. The van der Waals surface area contributed by atoms with Crippen LogP contribution in [0.5, 0.6) is 0 Å². The first-order valence-corrected chi connectivity index (χ1v) is 9.13. The van der Waals surface area contributed by atoms with E-state index < -0.39 is 10.9 Å². The number of hydrogen-bond acceptors (Lipinski definition) is 6. The van der Waals surface area contributed by atoms with E-state index in [-0.39, 0.29) is 29.1 Å². The number of esters is 1. The van der Waals surface area contributed by atoms with E-state index >= 15 is 0 Å². The molecule has 0 saturated carbocycles. The van der Waals surface area contributed by atoms with Crippen molar-refractivity contribution in [3.8, 4) is 11.1 Å². The van der Waals surface area contributed by atoms with E-state index in [0.717, 1.165) is 0 Å². The van der Waals surface area contributed by atoms with E-state index in [1.54, 1.807) is 26.0 Å². The Labute approximate surface area is 162 Å². The number of carbonyl (C=O) groups is 2. The van der Waals surface area contributed by atoms with Crippen molar-refractivity contribution in [1.82, 2.24) is 4.98 Å². The molecule has 7 nitrogen and oxygen atoms in total. The van der Waals surface area contributed by atoms with Crippen LogP contribution in [0.1, 0.15) is 59.3 Å². The van der Waals surface area contributed by atoms with Gasteiger partial charge in [0.25, 0.3) is 5.69 Å². The van der Waals surface area contributed by atoms with Crippen molar-refractivity contribution in [3.63, 3.8) is 0 Å². The summed E-state index contributed by atoms with van der Waals surface area (Å²) >= 11 is 0. The minimum atomic E-state index is -0.554. The Morgan fingerprint density at radius 3 is 2.43 bits per heavy atom. The second kappa shape index (κ2) is 7.14. The summed E-state index contributed by atoms with van der Waals surface area (Å²) in [6.07, 6.45) is 0.949. The van der Waals surface area contributed by atoms with Crippen LogP contribution in [0.25, 0.3) is 11.1 Å². The van der Waals surface area contributed by atoms with Gasteiger partial charge in [-0.3, -0.25) is 19.9 Å². The molecule has 1 aliphatic carbocycles. The first kappa shape index (κ1) is 19.7. The van der Waals surface area contributed by atoms with Gasteiger partial charge in [-0.05, 0) is 43.4 Å². The van der Waals surface area contributed by atoms with Gasteiger partial charge in [0.05, 0.1) is 28.5 Å². The molecule has 1 aromatic carbocycles. The predicted octanol–water partition coefficient (Wildman–Crippen LogP) is 4.30. The molecule has 7 heteroatoms. The quantitative estimate of drug-likeness (QED) is 0.444. The second-order valence-corrected chi connectivity index (χ2v) is 7.73. The van der Waals surface area contributed by atoms with Crippen LogP contribution < -0.4 is 0 Å². The van der Waals surface area contributed by atoms with Crippen LogP contribution in [0.3, 0.4) is 0 Å². The van der Waals surface area contributed by atoms with E-state index in [1.807, 2.05) is 13.8 Å². The lowest BCUT2D eigenvalue weighted by atomic mass is 9.73. The molecule has 0 amide bonds. The van der Waals surface area contributed by atoms with Crippen molar-refractivity contribution in [2.75, 3.05) is 6.61 Å². The van der Waals surface area contributed by atoms with Crippen molar-refractivity contribution < 1.29 is 19.2 Å². The van der Waals surface area contributed by atoms with E-state index in [1.165, 1.54) is 12.1 Å². The van der Waals surface area contributed by atoms with Crippen molar-refractivity contribution in [2.45, 2.75) is 40.5 Å².